The molecule has 0 aromatic heterocycles. The lowest BCUT2D eigenvalue weighted by Gasteiger charge is -2.33. The van der Waals surface area contributed by atoms with Crippen LogP contribution >= 0.6 is 0 Å². The molecular formula is C15H22N3O2+. The summed E-state index contributed by atoms with van der Waals surface area (Å²) < 4.78 is -0.145. The maximum Gasteiger partial charge on any atom is 0.419 e. The predicted molar refractivity (Wildman–Crippen MR) is 79.0 cm³/mol. The molecule has 1 aromatic carbocycles. The number of primary amides is 2. The fourth-order valence-electron chi connectivity index (χ4n) is 3.10. The third-order valence-electron chi connectivity index (χ3n) is 4.26. The average molecular weight is 276 g/mol. The number of carbonyl (C=O) groups excluding carboxylic acids is 2. The molecule has 1 saturated heterocycles. The molecule has 0 aliphatic carbocycles. The Bertz CT molecular complexity index is 524. The van der Waals surface area contributed by atoms with Crippen LogP contribution in [0.15, 0.2) is 24.3 Å². The fourth-order valence-corrected chi connectivity index (χ4v) is 3.10. The molecule has 108 valence electrons. The zero-order valence-corrected chi connectivity index (χ0v) is 12.0. The molecule has 5 nitrogen and oxygen atoms in total. The van der Waals surface area contributed by atoms with Crippen LogP contribution in [-0.2, 0) is 4.79 Å². The number of rotatable bonds is 3. The molecule has 3 amide bonds. The van der Waals surface area contributed by atoms with E-state index < -0.39 is 18.0 Å². The van der Waals surface area contributed by atoms with Gasteiger partial charge in [0.25, 0.3) is 5.91 Å². The van der Waals surface area contributed by atoms with Gasteiger partial charge >= 0.3 is 6.03 Å². The van der Waals surface area contributed by atoms with Gasteiger partial charge in [0.2, 0.25) is 0 Å². The van der Waals surface area contributed by atoms with Gasteiger partial charge in [0.15, 0.2) is 6.04 Å². The molecule has 0 radical (unpaired) electrons. The summed E-state index contributed by atoms with van der Waals surface area (Å²) in [4.78, 5) is 23.7. The number of nitrogens with zero attached hydrogens (tertiary/aromatic N) is 1. The van der Waals surface area contributed by atoms with Crippen LogP contribution in [0.5, 0.6) is 0 Å². The van der Waals surface area contributed by atoms with Gasteiger partial charge in [-0.25, -0.2) is 4.79 Å². The van der Waals surface area contributed by atoms with E-state index in [4.69, 9.17) is 11.5 Å². The second-order valence-corrected chi connectivity index (χ2v) is 5.74. The Hall–Kier alpha value is -1.88. The van der Waals surface area contributed by atoms with E-state index in [0.717, 1.165) is 12.1 Å². The summed E-state index contributed by atoms with van der Waals surface area (Å²) in [7, 11) is 0. The molecule has 20 heavy (non-hydrogen) atoms. The second-order valence-electron chi connectivity index (χ2n) is 5.74. The average Bonchev–Trinajstić information content (AvgIpc) is 2.84. The Balaban J connectivity index is 2.48. The van der Waals surface area contributed by atoms with Gasteiger partial charge in [0, 0.05) is 12.8 Å². The molecular weight excluding hydrogens is 254 g/mol. The number of urea groups is 1. The van der Waals surface area contributed by atoms with Crippen molar-refractivity contribution < 1.29 is 9.59 Å². The molecule has 0 saturated carbocycles. The fraction of sp³-hybridized carbons (Fsp3) is 0.467. The largest absolute Gasteiger partial charge is 0.419 e. The van der Waals surface area contributed by atoms with E-state index in [1.165, 1.54) is 5.56 Å². The smallest absolute Gasteiger partial charge is 0.364 e. The third-order valence-corrected chi connectivity index (χ3v) is 4.26. The van der Waals surface area contributed by atoms with Gasteiger partial charge in [0.1, 0.15) is 5.69 Å². The van der Waals surface area contributed by atoms with Crippen molar-refractivity contribution in [3.05, 3.63) is 29.8 Å². The number of benzene rings is 1. The predicted octanol–water partition coefficient (Wildman–Crippen LogP) is 1.84. The Labute approximate surface area is 119 Å². The number of nitrogens with two attached hydrogens (primary N) is 2. The van der Waals surface area contributed by atoms with Crippen molar-refractivity contribution in [1.82, 2.24) is 4.48 Å². The first kappa shape index (κ1) is 14.5. The summed E-state index contributed by atoms with van der Waals surface area (Å²) >= 11 is 0. The molecule has 1 aliphatic rings. The molecule has 5 heteroatoms. The molecule has 2 atom stereocenters. The van der Waals surface area contributed by atoms with Gasteiger partial charge < -0.3 is 11.5 Å². The van der Waals surface area contributed by atoms with Crippen molar-refractivity contribution >= 4 is 17.6 Å². The van der Waals surface area contributed by atoms with Crippen molar-refractivity contribution in [2.24, 2.45) is 11.5 Å². The number of carbonyl (C=O) groups is 2. The number of hydrogen-bond acceptors (Lipinski definition) is 2. The van der Waals surface area contributed by atoms with Crippen LogP contribution in [0.25, 0.3) is 0 Å². The summed E-state index contributed by atoms with van der Waals surface area (Å²) in [5, 5.41) is 0. The first-order valence-corrected chi connectivity index (χ1v) is 6.97. The highest BCUT2D eigenvalue weighted by Crippen LogP contribution is 2.35. The van der Waals surface area contributed by atoms with Crippen LogP contribution in [0.2, 0.25) is 0 Å². The zero-order valence-electron chi connectivity index (χ0n) is 12.0. The number of quaternary nitrogens is 1. The first-order valence-electron chi connectivity index (χ1n) is 6.97. The summed E-state index contributed by atoms with van der Waals surface area (Å²) in [6.07, 6.45) is 1.37. The van der Waals surface area contributed by atoms with Crippen LogP contribution in [0.1, 0.15) is 38.2 Å². The minimum Gasteiger partial charge on any atom is -0.364 e. The van der Waals surface area contributed by atoms with E-state index in [9.17, 15) is 9.59 Å². The van der Waals surface area contributed by atoms with Crippen LogP contribution < -0.4 is 16.0 Å². The molecule has 1 fully saturated rings. The summed E-state index contributed by atoms with van der Waals surface area (Å²) in [5.74, 6) is -0.0502. The molecule has 1 heterocycles. The van der Waals surface area contributed by atoms with E-state index in [1.807, 2.05) is 24.3 Å². The molecule has 2 unspecified atom stereocenters. The molecule has 2 rings (SSSR count). The lowest BCUT2D eigenvalue weighted by Crippen LogP contribution is -2.63. The van der Waals surface area contributed by atoms with Crippen LogP contribution in [0, 0.1) is 0 Å². The van der Waals surface area contributed by atoms with Crippen molar-refractivity contribution in [1.29, 1.82) is 0 Å². The lowest BCUT2D eigenvalue weighted by molar-refractivity contribution is -0.121. The SMILES string of the molecule is CC(C)c1ccc([N+]2(C(N)=O)CCCC2C(N)=O)cc1. The van der Waals surface area contributed by atoms with E-state index in [1.54, 1.807) is 0 Å². The topological polar surface area (TPSA) is 86.2 Å². The van der Waals surface area contributed by atoms with Gasteiger partial charge in [-0.15, -0.1) is 0 Å². The molecule has 1 aliphatic heterocycles. The molecule has 1 aromatic rings. The lowest BCUT2D eigenvalue weighted by atomic mass is 10.0. The highest BCUT2D eigenvalue weighted by molar-refractivity contribution is 5.95. The van der Waals surface area contributed by atoms with Crippen molar-refractivity contribution in [3.8, 4) is 0 Å². The van der Waals surface area contributed by atoms with E-state index in [-0.39, 0.29) is 4.48 Å². The van der Waals surface area contributed by atoms with Crippen LogP contribution in [0.3, 0.4) is 0 Å². The standard InChI is InChI=1S/C15H21N3O2/c1-10(2)11-5-7-12(8-6-11)18(15(17)20)9-3-4-13(18)14(16)19/h5-8,10,13H,3-4,9H2,1-2H3,(H3-,16,17,19,20)/p+1. The van der Waals surface area contributed by atoms with Gasteiger partial charge in [-0.2, -0.15) is 4.48 Å². The maximum absolute atomic E-state index is 12.0. The van der Waals surface area contributed by atoms with Crippen molar-refractivity contribution in [2.75, 3.05) is 6.54 Å². The quantitative estimate of drug-likeness (QED) is 0.825. The van der Waals surface area contributed by atoms with Crippen molar-refractivity contribution in [3.63, 3.8) is 0 Å². The summed E-state index contributed by atoms with van der Waals surface area (Å²) in [6.45, 7) is 4.75. The number of amides is 3. The minimum absolute atomic E-state index is 0.145. The van der Waals surface area contributed by atoms with Crippen LogP contribution in [0.4, 0.5) is 10.5 Å². The van der Waals surface area contributed by atoms with Crippen LogP contribution in [-0.4, -0.2) is 24.5 Å². The van der Waals surface area contributed by atoms with Crippen molar-refractivity contribution in [2.45, 2.75) is 38.6 Å². The Morgan fingerprint density at radius 2 is 1.80 bits per heavy atom. The monoisotopic (exact) mass is 276 g/mol. The molecule has 4 N–H and O–H groups in total. The van der Waals surface area contributed by atoms with Gasteiger partial charge in [-0.05, 0) is 23.6 Å². The van der Waals surface area contributed by atoms with E-state index in [0.29, 0.717) is 18.9 Å². The van der Waals surface area contributed by atoms with E-state index in [2.05, 4.69) is 13.8 Å². The van der Waals surface area contributed by atoms with Gasteiger partial charge in [-0.1, -0.05) is 26.0 Å². The Morgan fingerprint density at radius 3 is 2.25 bits per heavy atom. The normalized spacial score (nSPS) is 25.9. The molecule has 0 spiro atoms. The van der Waals surface area contributed by atoms with E-state index >= 15 is 0 Å². The minimum atomic E-state index is -0.558. The second kappa shape index (κ2) is 5.25. The van der Waals surface area contributed by atoms with Gasteiger partial charge in [-0.3, -0.25) is 4.79 Å². The number of hydrogen-bond donors (Lipinski definition) is 2. The Kier molecular flexibility index (Phi) is 3.81. The van der Waals surface area contributed by atoms with Gasteiger partial charge in [0.05, 0.1) is 6.54 Å². The summed E-state index contributed by atoms with van der Waals surface area (Å²) in [6, 6.07) is 6.68. The Morgan fingerprint density at radius 1 is 1.20 bits per heavy atom. The zero-order chi connectivity index (χ0) is 14.9. The highest BCUT2D eigenvalue weighted by Gasteiger charge is 2.52. The third kappa shape index (κ3) is 2.18. The first-order chi connectivity index (χ1) is 9.39. The number of likely N-dealkylation sites (tertiary alicyclic amines) is 1. The summed E-state index contributed by atoms with van der Waals surface area (Å²) in [5.41, 5.74) is 13.0. The maximum atomic E-state index is 12.0. The molecule has 0 bridgehead atoms. The highest BCUT2D eigenvalue weighted by atomic mass is 16.2.